The molecule has 1 saturated carbocycles. The summed E-state index contributed by atoms with van der Waals surface area (Å²) in [6, 6.07) is 29.7. The fraction of sp³-hybridized carbons (Fsp3) is 0.312. The molecule has 1 aliphatic carbocycles. The Balaban J connectivity index is 1.19. The molecule has 5 atom stereocenters. The Morgan fingerprint density at radius 1 is 0.829 bits per heavy atom. The molecule has 0 bridgehead atoms. The summed E-state index contributed by atoms with van der Waals surface area (Å²) in [4.78, 5) is 9.08. The van der Waals surface area contributed by atoms with Crippen LogP contribution in [0.25, 0.3) is 0 Å². The molecule has 5 unspecified atom stereocenters. The van der Waals surface area contributed by atoms with Crippen molar-refractivity contribution in [1.82, 2.24) is 9.55 Å². The van der Waals surface area contributed by atoms with E-state index in [1.165, 1.54) is 0 Å². The maximum absolute atomic E-state index is 11.6. The highest BCUT2D eigenvalue weighted by Gasteiger charge is 2.45. The van der Waals surface area contributed by atoms with Crippen LogP contribution < -0.4 is 11.1 Å². The van der Waals surface area contributed by atoms with Gasteiger partial charge in [-0.05, 0) is 23.1 Å². The third-order valence-electron chi connectivity index (χ3n) is 7.68. The first-order valence-electron chi connectivity index (χ1n) is 13.9. The highest BCUT2D eigenvalue weighted by molar-refractivity contribution is 5.93. The van der Waals surface area contributed by atoms with Crippen LogP contribution in [0.5, 0.6) is 0 Å². The molecular weight excluding hydrogens is 518 g/mol. The van der Waals surface area contributed by atoms with Crippen molar-refractivity contribution in [3.05, 3.63) is 120 Å². The lowest BCUT2D eigenvalue weighted by molar-refractivity contribution is -0.0475. The average Bonchev–Trinajstić information content (AvgIpc) is 3.56. The second-order valence-corrected chi connectivity index (χ2v) is 10.5. The van der Waals surface area contributed by atoms with Crippen LogP contribution >= 0.6 is 0 Å². The van der Waals surface area contributed by atoms with Crippen LogP contribution in [0.15, 0.2) is 102 Å². The predicted octanol–water partition coefficient (Wildman–Crippen LogP) is 4.56. The van der Waals surface area contributed by atoms with Gasteiger partial charge in [0, 0.05) is 5.92 Å². The lowest BCUT2D eigenvalue weighted by Gasteiger charge is -2.26. The molecule has 9 nitrogen and oxygen atoms in total. The topological polar surface area (TPSA) is 116 Å². The number of guanidine groups is 1. The number of aliphatic hydroxyl groups excluding tert-OH is 1. The van der Waals surface area contributed by atoms with E-state index < -0.39 is 12.3 Å². The summed E-state index contributed by atoms with van der Waals surface area (Å²) in [5.74, 6) is 0.682. The van der Waals surface area contributed by atoms with Gasteiger partial charge in [-0.3, -0.25) is 0 Å². The first kappa shape index (κ1) is 27.2. The van der Waals surface area contributed by atoms with Gasteiger partial charge in [0.25, 0.3) is 0 Å². The van der Waals surface area contributed by atoms with E-state index in [0.29, 0.717) is 44.4 Å². The van der Waals surface area contributed by atoms with Crippen LogP contribution in [0.1, 0.15) is 41.1 Å². The van der Waals surface area contributed by atoms with Crippen molar-refractivity contribution in [3.8, 4) is 0 Å². The number of aromatic nitrogens is 2. The molecule has 0 radical (unpaired) electrons. The second kappa shape index (κ2) is 12.7. The van der Waals surface area contributed by atoms with Crippen molar-refractivity contribution in [1.29, 1.82) is 0 Å². The third-order valence-corrected chi connectivity index (χ3v) is 7.68. The Morgan fingerprint density at radius 3 is 2.05 bits per heavy atom. The van der Waals surface area contributed by atoms with E-state index in [1.807, 2.05) is 95.6 Å². The number of aliphatic hydroxyl groups is 1. The van der Waals surface area contributed by atoms with Gasteiger partial charge in [-0.25, -0.2) is 9.98 Å². The number of fused-ring (bicyclic) bond motifs is 1. The Morgan fingerprint density at radius 2 is 1.41 bits per heavy atom. The number of hydrogen-bond acceptors (Lipinski definition) is 8. The molecule has 0 saturated heterocycles. The lowest BCUT2D eigenvalue weighted by atomic mass is 10.0. The maximum atomic E-state index is 11.6. The molecule has 4 aromatic rings. The van der Waals surface area contributed by atoms with Gasteiger partial charge in [-0.2, -0.15) is 0 Å². The molecule has 6 rings (SSSR count). The summed E-state index contributed by atoms with van der Waals surface area (Å²) in [6.07, 6.45) is 0.713. The van der Waals surface area contributed by atoms with Crippen molar-refractivity contribution >= 4 is 11.8 Å². The van der Waals surface area contributed by atoms with E-state index in [4.69, 9.17) is 19.9 Å². The van der Waals surface area contributed by atoms with Crippen molar-refractivity contribution in [2.75, 3.05) is 11.9 Å². The van der Waals surface area contributed by atoms with E-state index in [0.717, 1.165) is 16.7 Å². The smallest absolute Gasteiger partial charge is 0.198 e. The van der Waals surface area contributed by atoms with Gasteiger partial charge in [-0.1, -0.05) is 91.0 Å². The lowest BCUT2D eigenvalue weighted by Crippen LogP contribution is -2.33. The monoisotopic (exact) mass is 553 g/mol. The van der Waals surface area contributed by atoms with Gasteiger partial charge < -0.3 is 34.9 Å². The van der Waals surface area contributed by atoms with Crippen LogP contribution in [-0.4, -0.2) is 39.4 Å². The van der Waals surface area contributed by atoms with Crippen molar-refractivity contribution in [3.63, 3.8) is 0 Å². The Labute approximate surface area is 239 Å². The van der Waals surface area contributed by atoms with Gasteiger partial charge in [-0.15, -0.1) is 0 Å². The highest BCUT2D eigenvalue weighted by atomic mass is 16.5. The fourth-order valence-corrected chi connectivity index (χ4v) is 5.54. The van der Waals surface area contributed by atoms with Crippen LogP contribution in [-0.2, 0) is 34.0 Å². The van der Waals surface area contributed by atoms with E-state index in [2.05, 4.69) is 15.3 Å². The summed E-state index contributed by atoms with van der Waals surface area (Å²) >= 11 is 0. The van der Waals surface area contributed by atoms with E-state index in [1.54, 1.807) is 6.33 Å². The minimum absolute atomic E-state index is 0.219. The molecule has 3 aromatic carbocycles. The molecule has 2 heterocycles. The number of hydrogen-bond donors (Lipinski definition) is 3. The standard InChI is InChI=1S/C32H35N5O4/c33-32-35-30-28(31(36-32)41-19-24-14-8-3-9-15-24)34-21-37(30)26-16-27(40-18-23-12-6-2-7-13-23)25(29(26)38)20-39-17-22-10-4-1-5-11-22/h1-15,21,25-27,29,31,38H,16-20H2,(H3,33,35,36). The summed E-state index contributed by atoms with van der Waals surface area (Å²) in [7, 11) is 0. The molecule has 4 N–H and O–H groups in total. The van der Waals surface area contributed by atoms with Crippen molar-refractivity contribution < 1.29 is 19.3 Å². The largest absolute Gasteiger partial charge is 0.390 e. The first-order chi connectivity index (χ1) is 20.2. The van der Waals surface area contributed by atoms with Crippen LogP contribution in [0.3, 0.4) is 0 Å². The minimum atomic E-state index is -0.726. The quantitative estimate of drug-likeness (QED) is 0.249. The number of anilines is 1. The zero-order valence-electron chi connectivity index (χ0n) is 22.8. The fourth-order valence-electron chi connectivity index (χ4n) is 5.54. The third kappa shape index (κ3) is 6.34. The first-order valence-corrected chi connectivity index (χ1v) is 13.9. The van der Waals surface area contributed by atoms with Crippen LogP contribution in [0.4, 0.5) is 5.82 Å². The van der Waals surface area contributed by atoms with Gasteiger partial charge in [0.15, 0.2) is 12.2 Å². The molecule has 2 aliphatic rings. The molecule has 9 heteroatoms. The van der Waals surface area contributed by atoms with Crippen LogP contribution in [0, 0.1) is 5.92 Å². The number of nitrogens with two attached hydrogens (primary N) is 1. The van der Waals surface area contributed by atoms with E-state index in [9.17, 15) is 5.11 Å². The summed E-state index contributed by atoms with van der Waals surface area (Å²) < 4.78 is 20.6. The summed E-state index contributed by atoms with van der Waals surface area (Å²) in [5, 5.41) is 14.8. The Kier molecular flexibility index (Phi) is 8.39. The molecule has 41 heavy (non-hydrogen) atoms. The number of imidazole rings is 1. The Hall–Kier alpha value is -4.02. The number of aliphatic imine (C=N–C) groups is 1. The van der Waals surface area contributed by atoms with Crippen LogP contribution in [0.2, 0.25) is 0 Å². The zero-order valence-corrected chi connectivity index (χ0v) is 22.8. The molecule has 1 aliphatic heterocycles. The second-order valence-electron chi connectivity index (χ2n) is 10.5. The molecular formula is C32H35N5O4. The molecule has 1 aromatic heterocycles. The molecule has 212 valence electrons. The minimum Gasteiger partial charge on any atom is -0.390 e. The Bertz CT molecular complexity index is 1430. The van der Waals surface area contributed by atoms with Crippen molar-refractivity contribution in [2.24, 2.45) is 16.6 Å². The van der Waals surface area contributed by atoms with Crippen molar-refractivity contribution in [2.45, 2.75) is 50.7 Å². The predicted molar refractivity (Wildman–Crippen MR) is 156 cm³/mol. The molecule has 0 amide bonds. The maximum Gasteiger partial charge on any atom is 0.198 e. The zero-order chi connectivity index (χ0) is 28.0. The highest BCUT2D eigenvalue weighted by Crippen LogP contribution is 2.42. The number of nitrogens with zero attached hydrogens (tertiary/aromatic N) is 3. The van der Waals surface area contributed by atoms with Gasteiger partial charge in [0.05, 0.1) is 51.0 Å². The number of rotatable bonds is 11. The summed E-state index contributed by atoms with van der Waals surface area (Å²) in [6.45, 7) is 1.66. The van der Waals surface area contributed by atoms with Gasteiger partial charge in [0.2, 0.25) is 0 Å². The van der Waals surface area contributed by atoms with E-state index >= 15 is 0 Å². The van der Waals surface area contributed by atoms with E-state index in [-0.39, 0.29) is 24.0 Å². The van der Waals surface area contributed by atoms with Gasteiger partial charge >= 0.3 is 0 Å². The number of benzene rings is 3. The number of ether oxygens (including phenoxy) is 3. The van der Waals surface area contributed by atoms with Gasteiger partial charge in [0.1, 0.15) is 11.5 Å². The average molecular weight is 554 g/mol. The normalized spacial score (nSPS) is 23.5. The SMILES string of the molecule is NC1=NC(OCc2ccccc2)c2ncn(C3CC(OCc4ccccc4)C(COCc4ccccc4)C3O)c2N1. The number of nitrogens with one attached hydrogen (secondary N) is 1. The molecule has 0 spiro atoms. The molecule has 1 fully saturated rings. The summed E-state index contributed by atoms with van der Waals surface area (Å²) in [5.41, 5.74) is 10.00.